The lowest BCUT2D eigenvalue weighted by molar-refractivity contribution is -0.119. The van der Waals surface area contributed by atoms with Gasteiger partial charge in [-0.2, -0.15) is 0 Å². The third-order valence-corrected chi connectivity index (χ3v) is 6.29. The summed E-state index contributed by atoms with van der Waals surface area (Å²) in [4.78, 5) is 40.1. The molecule has 0 bridgehead atoms. The zero-order valence-corrected chi connectivity index (χ0v) is 16.3. The summed E-state index contributed by atoms with van der Waals surface area (Å²) < 4.78 is 5.21. The number of aryl methyl sites for hydroxylation is 2. The van der Waals surface area contributed by atoms with E-state index in [2.05, 4.69) is 5.32 Å². The van der Waals surface area contributed by atoms with Gasteiger partial charge in [-0.25, -0.2) is 4.79 Å². The largest absolute Gasteiger partial charge is 0.451 e. The smallest absolute Gasteiger partial charge is 0.348 e. The molecule has 1 saturated heterocycles. The molecule has 28 heavy (non-hydrogen) atoms. The lowest BCUT2D eigenvalue weighted by Gasteiger charge is -2.19. The predicted octanol–water partition coefficient (Wildman–Crippen LogP) is 3.55. The highest BCUT2D eigenvalue weighted by molar-refractivity contribution is 7.14. The van der Waals surface area contributed by atoms with Crippen LogP contribution in [0.3, 0.4) is 0 Å². The summed E-state index contributed by atoms with van der Waals surface area (Å²) in [5, 5.41) is 2.76. The first kappa shape index (κ1) is 18.7. The van der Waals surface area contributed by atoms with E-state index in [1.54, 1.807) is 23.1 Å². The molecule has 1 N–H and O–H groups in total. The molecule has 6 nitrogen and oxygen atoms in total. The molecule has 2 heterocycles. The molecule has 1 aliphatic heterocycles. The van der Waals surface area contributed by atoms with E-state index in [1.807, 2.05) is 12.1 Å². The van der Waals surface area contributed by atoms with Crippen LogP contribution in [0.5, 0.6) is 0 Å². The molecule has 2 aromatic rings. The molecule has 1 aromatic carbocycles. The zero-order chi connectivity index (χ0) is 19.5. The lowest BCUT2D eigenvalue weighted by Crippen LogP contribution is -2.26. The summed E-state index contributed by atoms with van der Waals surface area (Å²) in [5.74, 6) is -0.832. The number of para-hydroxylation sites is 2. The van der Waals surface area contributed by atoms with E-state index in [4.69, 9.17) is 4.74 Å². The van der Waals surface area contributed by atoms with Gasteiger partial charge in [0.1, 0.15) is 4.88 Å². The van der Waals surface area contributed by atoms with Gasteiger partial charge < -0.3 is 15.0 Å². The van der Waals surface area contributed by atoms with Gasteiger partial charge in [-0.3, -0.25) is 9.59 Å². The molecule has 4 rings (SSSR count). The monoisotopic (exact) mass is 398 g/mol. The molecule has 1 aromatic heterocycles. The summed E-state index contributed by atoms with van der Waals surface area (Å²) in [6.07, 6.45) is 5.66. The second-order valence-electron chi connectivity index (χ2n) is 7.06. The SMILES string of the molecule is O=C(COC(=O)c1cc2c(s1)CCCC2)Nc1ccccc1N1CCCC1=O. The van der Waals surface area contributed by atoms with Gasteiger partial charge in [-0.05, 0) is 55.9 Å². The van der Waals surface area contributed by atoms with Crippen LogP contribution >= 0.6 is 11.3 Å². The van der Waals surface area contributed by atoms with Gasteiger partial charge >= 0.3 is 5.97 Å². The first-order valence-electron chi connectivity index (χ1n) is 9.60. The molecule has 7 heteroatoms. The standard InChI is InChI=1S/C21H22N2O4S/c24-19(13-27-21(26)18-12-14-6-1-4-9-17(14)28-18)22-15-7-2-3-8-16(15)23-11-5-10-20(23)25/h2-3,7-8,12H,1,4-6,9-11,13H2,(H,22,24). The van der Waals surface area contributed by atoms with E-state index in [-0.39, 0.29) is 12.5 Å². The molecule has 0 saturated carbocycles. The Hall–Kier alpha value is -2.67. The predicted molar refractivity (Wildman–Crippen MR) is 108 cm³/mol. The molecule has 0 unspecified atom stereocenters. The van der Waals surface area contributed by atoms with Gasteiger partial charge in [0.15, 0.2) is 6.61 Å². The van der Waals surface area contributed by atoms with Crippen molar-refractivity contribution in [3.8, 4) is 0 Å². The van der Waals surface area contributed by atoms with Crippen LogP contribution in [0.1, 0.15) is 45.8 Å². The normalized spacial score (nSPS) is 16.0. The molecule has 146 valence electrons. The number of nitrogens with one attached hydrogen (secondary N) is 1. The van der Waals surface area contributed by atoms with Crippen LogP contribution in [-0.2, 0) is 27.2 Å². The lowest BCUT2D eigenvalue weighted by atomic mass is 9.99. The Morgan fingerprint density at radius 3 is 2.71 bits per heavy atom. The van der Waals surface area contributed by atoms with E-state index >= 15 is 0 Å². The van der Waals surface area contributed by atoms with E-state index in [0.717, 1.165) is 32.1 Å². The highest BCUT2D eigenvalue weighted by atomic mass is 32.1. The number of anilines is 2. The fraction of sp³-hybridized carbons (Fsp3) is 0.381. The number of carbonyl (C=O) groups excluding carboxylic acids is 3. The number of nitrogens with zero attached hydrogens (tertiary/aromatic N) is 1. The molecular formula is C21H22N2O4S. The number of carbonyl (C=O) groups is 3. The number of hydrogen-bond donors (Lipinski definition) is 1. The van der Waals surface area contributed by atoms with Crippen molar-refractivity contribution in [2.45, 2.75) is 38.5 Å². The fourth-order valence-corrected chi connectivity index (χ4v) is 4.84. The maximum atomic E-state index is 12.3. The van der Waals surface area contributed by atoms with Crippen molar-refractivity contribution in [1.82, 2.24) is 0 Å². The van der Waals surface area contributed by atoms with E-state index < -0.39 is 11.9 Å². The van der Waals surface area contributed by atoms with Gasteiger partial charge in [0.05, 0.1) is 11.4 Å². The highest BCUT2D eigenvalue weighted by Gasteiger charge is 2.24. The Labute approximate surface area is 167 Å². The van der Waals surface area contributed by atoms with Crippen molar-refractivity contribution in [2.24, 2.45) is 0 Å². The second-order valence-corrected chi connectivity index (χ2v) is 8.19. The number of rotatable bonds is 5. The first-order chi connectivity index (χ1) is 13.6. The van der Waals surface area contributed by atoms with Crippen LogP contribution < -0.4 is 10.2 Å². The van der Waals surface area contributed by atoms with Crippen LogP contribution in [0.4, 0.5) is 11.4 Å². The van der Waals surface area contributed by atoms with Crippen LogP contribution in [0.2, 0.25) is 0 Å². The molecule has 1 fully saturated rings. The highest BCUT2D eigenvalue weighted by Crippen LogP contribution is 2.31. The molecule has 0 radical (unpaired) electrons. The number of ether oxygens (including phenoxy) is 1. The minimum atomic E-state index is -0.461. The molecule has 1 aliphatic carbocycles. The van der Waals surface area contributed by atoms with Crippen molar-refractivity contribution < 1.29 is 19.1 Å². The Bertz CT molecular complexity index is 897. The number of esters is 1. The van der Waals surface area contributed by atoms with Crippen molar-refractivity contribution in [3.63, 3.8) is 0 Å². The van der Waals surface area contributed by atoms with Crippen LogP contribution in [-0.4, -0.2) is 30.9 Å². The second kappa shape index (κ2) is 8.14. The van der Waals surface area contributed by atoms with Crippen molar-refractivity contribution >= 4 is 40.5 Å². The topological polar surface area (TPSA) is 75.7 Å². The minimum absolute atomic E-state index is 0.0507. The Kier molecular flexibility index (Phi) is 5.43. The van der Waals surface area contributed by atoms with E-state index in [9.17, 15) is 14.4 Å². The van der Waals surface area contributed by atoms with E-state index in [1.165, 1.54) is 21.8 Å². The Morgan fingerprint density at radius 1 is 1.11 bits per heavy atom. The summed E-state index contributed by atoms with van der Waals surface area (Å²) in [6, 6.07) is 9.07. The average molecular weight is 398 g/mol. The molecule has 2 aliphatic rings. The average Bonchev–Trinajstić information content (AvgIpc) is 3.32. The van der Waals surface area contributed by atoms with Gasteiger partial charge in [0, 0.05) is 17.8 Å². The summed E-state index contributed by atoms with van der Waals surface area (Å²) in [5.41, 5.74) is 2.46. The van der Waals surface area contributed by atoms with Crippen molar-refractivity contribution in [2.75, 3.05) is 23.4 Å². The zero-order valence-electron chi connectivity index (χ0n) is 15.5. The maximum Gasteiger partial charge on any atom is 0.348 e. The number of hydrogen-bond acceptors (Lipinski definition) is 5. The minimum Gasteiger partial charge on any atom is -0.451 e. The van der Waals surface area contributed by atoms with Crippen molar-refractivity contribution in [1.29, 1.82) is 0 Å². The Morgan fingerprint density at radius 2 is 1.93 bits per heavy atom. The van der Waals surface area contributed by atoms with E-state index in [0.29, 0.717) is 29.2 Å². The van der Waals surface area contributed by atoms with Gasteiger partial charge in [0.25, 0.3) is 5.91 Å². The molecule has 0 atom stereocenters. The third kappa shape index (κ3) is 3.94. The quantitative estimate of drug-likeness (QED) is 0.782. The Balaban J connectivity index is 1.37. The number of benzene rings is 1. The molecule has 2 amide bonds. The summed E-state index contributed by atoms with van der Waals surface area (Å²) in [6.45, 7) is 0.285. The molecule has 0 spiro atoms. The first-order valence-corrected chi connectivity index (χ1v) is 10.4. The third-order valence-electron chi connectivity index (χ3n) is 5.07. The van der Waals surface area contributed by atoms with Gasteiger partial charge in [-0.15, -0.1) is 11.3 Å². The van der Waals surface area contributed by atoms with Crippen LogP contribution in [0.15, 0.2) is 30.3 Å². The number of fused-ring (bicyclic) bond motifs is 1. The number of amides is 2. The molecular weight excluding hydrogens is 376 g/mol. The van der Waals surface area contributed by atoms with Gasteiger partial charge in [0.2, 0.25) is 5.91 Å². The van der Waals surface area contributed by atoms with Crippen LogP contribution in [0.25, 0.3) is 0 Å². The fourth-order valence-electron chi connectivity index (χ4n) is 3.70. The maximum absolute atomic E-state index is 12.3. The van der Waals surface area contributed by atoms with Crippen LogP contribution in [0, 0.1) is 0 Å². The number of thiophene rings is 1. The summed E-state index contributed by atoms with van der Waals surface area (Å²) >= 11 is 1.47. The summed E-state index contributed by atoms with van der Waals surface area (Å²) in [7, 11) is 0. The van der Waals surface area contributed by atoms with Crippen molar-refractivity contribution in [3.05, 3.63) is 45.6 Å². The van der Waals surface area contributed by atoms with Gasteiger partial charge in [-0.1, -0.05) is 12.1 Å².